The van der Waals surface area contributed by atoms with E-state index in [9.17, 15) is 9.59 Å². The molecule has 214 valence electrons. The molecule has 1 saturated heterocycles. The van der Waals surface area contributed by atoms with Crippen LogP contribution in [0.5, 0.6) is 0 Å². The fourth-order valence-electron chi connectivity index (χ4n) is 7.35. The second kappa shape index (κ2) is 11.8. The molecule has 0 bridgehead atoms. The smallest absolute Gasteiger partial charge is 0.257 e. The molecule has 2 amide bonds. The van der Waals surface area contributed by atoms with E-state index in [1.165, 1.54) is 31.7 Å². The first-order valence-corrected chi connectivity index (χ1v) is 15.3. The van der Waals surface area contributed by atoms with E-state index < -0.39 is 17.8 Å². The molecular formula is C34H37ClFN3O2. The SMILES string of the molecule is Cc1cccc(F)c1C(=O)N1C2CCC[C@@H]2C[C@H](C(=O)Nc2cccc(Cl)c2)[C@@H]1c1ccc(NC2CCCC2)cc1. The van der Waals surface area contributed by atoms with Crippen molar-refractivity contribution in [3.63, 3.8) is 0 Å². The minimum Gasteiger partial charge on any atom is -0.382 e. The third kappa shape index (κ3) is 5.72. The first-order valence-electron chi connectivity index (χ1n) is 14.9. The number of aryl methyl sites for hydroxylation is 1. The lowest BCUT2D eigenvalue weighted by molar-refractivity contribution is -0.125. The molecule has 3 aliphatic rings. The molecule has 3 aromatic carbocycles. The maximum atomic E-state index is 15.2. The largest absolute Gasteiger partial charge is 0.382 e. The molecule has 1 heterocycles. The normalized spacial score (nSPS) is 24.2. The Morgan fingerprint density at radius 3 is 2.39 bits per heavy atom. The highest BCUT2D eigenvalue weighted by Crippen LogP contribution is 2.49. The molecule has 3 aromatic rings. The van der Waals surface area contributed by atoms with Crippen LogP contribution in [0.4, 0.5) is 15.8 Å². The fourth-order valence-corrected chi connectivity index (χ4v) is 7.54. The van der Waals surface area contributed by atoms with Crippen molar-refractivity contribution in [2.75, 3.05) is 10.6 Å². The van der Waals surface area contributed by atoms with Crippen LogP contribution in [0.2, 0.25) is 5.02 Å². The lowest BCUT2D eigenvalue weighted by Gasteiger charge is -2.48. The van der Waals surface area contributed by atoms with Gasteiger partial charge in [-0.2, -0.15) is 0 Å². The number of likely N-dealkylation sites (tertiary alicyclic amines) is 1. The van der Waals surface area contributed by atoms with Crippen molar-refractivity contribution >= 4 is 34.8 Å². The van der Waals surface area contributed by atoms with Crippen LogP contribution in [0.25, 0.3) is 0 Å². The van der Waals surface area contributed by atoms with Crippen molar-refractivity contribution in [2.24, 2.45) is 11.8 Å². The Balaban J connectivity index is 1.40. The van der Waals surface area contributed by atoms with Gasteiger partial charge in [0.1, 0.15) is 5.82 Å². The molecule has 3 fully saturated rings. The number of nitrogens with one attached hydrogen (secondary N) is 2. The first-order chi connectivity index (χ1) is 19.9. The van der Waals surface area contributed by atoms with Gasteiger partial charge >= 0.3 is 0 Å². The lowest BCUT2D eigenvalue weighted by atomic mass is 9.76. The number of rotatable bonds is 6. The van der Waals surface area contributed by atoms with Crippen molar-refractivity contribution in [3.05, 3.63) is 94.3 Å². The van der Waals surface area contributed by atoms with Crippen LogP contribution < -0.4 is 10.6 Å². The summed E-state index contributed by atoms with van der Waals surface area (Å²) in [6.07, 6.45) is 8.28. The molecule has 41 heavy (non-hydrogen) atoms. The molecule has 2 N–H and O–H groups in total. The van der Waals surface area contributed by atoms with Gasteiger partial charge in [0.25, 0.3) is 5.91 Å². The average molecular weight is 574 g/mol. The molecule has 1 unspecified atom stereocenters. The van der Waals surface area contributed by atoms with E-state index in [4.69, 9.17) is 11.6 Å². The number of carbonyl (C=O) groups excluding carboxylic acids is 2. The summed E-state index contributed by atoms with van der Waals surface area (Å²) in [4.78, 5) is 30.2. The summed E-state index contributed by atoms with van der Waals surface area (Å²) in [5.74, 6) is -1.33. The minimum atomic E-state index is -0.527. The van der Waals surface area contributed by atoms with Crippen LogP contribution in [0.15, 0.2) is 66.7 Å². The molecule has 5 nitrogen and oxygen atoms in total. The van der Waals surface area contributed by atoms with Gasteiger partial charge in [-0.3, -0.25) is 9.59 Å². The summed E-state index contributed by atoms with van der Waals surface area (Å²) in [5.41, 5.74) is 3.25. The number of halogens is 2. The molecule has 7 heteroatoms. The highest BCUT2D eigenvalue weighted by molar-refractivity contribution is 6.30. The third-order valence-corrected chi connectivity index (χ3v) is 9.53. The van der Waals surface area contributed by atoms with Gasteiger partial charge in [0.2, 0.25) is 5.91 Å². The number of anilines is 2. The van der Waals surface area contributed by atoms with Gasteiger partial charge in [-0.05, 0) is 92.5 Å². The van der Waals surface area contributed by atoms with E-state index in [0.29, 0.717) is 28.7 Å². The van der Waals surface area contributed by atoms with Crippen LogP contribution in [0.3, 0.4) is 0 Å². The van der Waals surface area contributed by atoms with Gasteiger partial charge in [-0.15, -0.1) is 0 Å². The topological polar surface area (TPSA) is 61.4 Å². The van der Waals surface area contributed by atoms with E-state index in [1.807, 2.05) is 23.1 Å². The molecule has 2 saturated carbocycles. The molecule has 0 aromatic heterocycles. The van der Waals surface area contributed by atoms with Gasteiger partial charge in [0.15, 0.2) is 0 Å². The van der Waals surface area contributed by atoms with Crippen LogP contribution >= 0.6 is 11.6 Å². The van der Waals surface area contributed by atoms with Crippen molar-refractivity contribution in [1.29, 1.82) is 0 Å². The number of amides is 2. The van der Waals surface area contributed by atoms with Crippen LogP contribution in [0.1, 0.15) is 78.9 Å². The summed E-state index contributed by atoms with van der Waals surface area (Å²) in [7, 11) is 0. The number of piperidine rings is 1. The fraction of sp³-hybridized carbons (Fsp3) is 0.412. The number of nitrogens with zero attached hydrogens (tertiary/aromatic N) is 1. The van der Waals surface area contributed by atoms with Crippen molar-refractivity contribution in [3.8, 4) is 0 Å². The highest BCUT2D eigenvalue weighted by atomic mass is 35.5. The first kappa shape index (κ1) is 27.8. The Labute approximate surface area is 246 Å². The molecule has 1 aliphatic heterocycles. The molecule has 6 rings (SSSR count). The standard InChI is InChI=1S/C34H37ClFN3O2/c1-21-7-4-13-29(36)31(21)34(41)39-30-14-5-8-23(30)19-28(33(40)38-27-12-6-9-24(35)20-27)32(39)22-15-17-26(18-16-22)37-25-10-2-3-11-25/h4,6-7,9,12-13,15-18,20,23,25,28,30,32,37H,2-3,5,8,10-11,14,19H2,1H3,(H,38,40)/t23-,28+,30?,32+/m1/s1. The second-order valence-corrected chi connectivity index (χ2v) is 12.4. The Morgan fingerprint density at radius 1 is 0.902 bits per heavy atom. The molecule has 4 atom stereocenters. The van der Waals surface area contributed by atoms with E-state index in [1.54, 1.807) is 37.3 Å². The van der Waals surface area contributed by atoms with Gasteiger partial charge in [0, 0.05) is 28.5 Å². The molecule has 2 aliphatic carbocycles. The van der Waals surface area contributed by atoms with Crippen LogP contribution in [0, 0.1) is 24.6 Å². The summed E-state index contributed by atoms with van der Waals surface area (Å²) in [5, 5.41) is 7.24. The lowest BCUT2D eigenvalue weighted by Crippen LogP contribution is -2.54. The Kier molecular flexibility index (Phi) is 8.03. The van der Waals surface area contributed by atoms with E-state index in [0.717, 1.165) is 30.5 Å². The average Bonchev–Trinajstić information content (AvgIpc) is 3.64. The van der Waals surface area contributed by atoms with Gasteiger partial charge in [-0.1, -0.05) is 61.2 Å². The van der Waals surface area contributed by atoms with Gasteiger partial charge in [-0.25, -0.2) is 4.39 Å². The molecular weight excluding hydrogens is 537 g/mol. The zero-order chi connectivity index (χ0) is 28.5. The highest BCUT2D eigenvalue weighted by Gasteiger charge is 2.50. The Bertz CT molecular complexity index is 1400. The Morgan fingerprint density at radius 2 is 1.66 bits per heavy atom. The van der Waals surface area contributed by atoms with E-state index >= 15 is 4.39 Å². The van der Waals surface area contributed by atoms with Crippen LogP contribution in [-0.2, 0) is 4.79 Å². The maximum absolute atomic E-state index is 15.2. The van der Waals surface area contributed by atoms with Gasteiger partial charge in [0.05, 0.1) is 17.5 Å². The monoisotopic (exact) mass is 573 g/mol. The summed E-state index contributed by atoms with van der Waals surface area (Å²) >= 11 is 6.20. The summed E-state index contributed by atoms with van der Waals surface area (Å²) in [6, 6.07) is 19.9. The van der Waals surface area contributed by atoms with Crippen molar-refractivity contribution in [2.45, 2.75) is 76.4 Å². The minimum absolute atomic E-state index is 0.0435. The maximum Gasteiger partial charge on any atom is 0.257 e. The third-order valence-electron chi connectivity index (χ3n) is 9.29. The van der Waals surface area contributed by atoms with Crippen LogP contribution in [-0.4, -0.2) is 28.8 Å². The predicted octanol–water partition coefficient (Wildman–Crippen LogP) is 8.15. The number of benzene rings is 3. The van der Waals surface area contributed by atoms with E-state index in [-0.39, 0.29) is 29.3 Å². The van der Waals surface area contributed by atoms with Crippen molar-refractivity contribution in [1.82, 2.24) is 4.90 Å². The number of fused-ring (bicyclic) bond motifs is 1. The van der Waals surface area contributed by atoms with Crippen molar-refractivity contribution < 1.29 is 14.0 Å². The quantitative estimate of drug-likeness (QED) is 0.313. The predicted molar refractivity (Wildman–Crippen MR) is 162 cm³/mol. The number of hydrogen-bond donors (Lipinski definition) is 2. The zero-order valence-electron chi connectivity index (χ0n) is 23.4. The number of hydrogen-bond acceptors (Lipinski definition) is 3. The zero-order valence-corrected chi connectivity index (χ0v) is 24.2. The van der Waals surface area contributed by atoms with Gasteiger partial charge < -0.3 is 15.5 Å². The summed E-state index contributed by atoms with van der Waals surface area (Å²) < 4.78 is 15.2. The molecule has 0 spiro atoms. The second-order valence-electron chi connectivity index (χ2n) is 11.9. The molecule has 0 radical (unpaired) electrons. The summed E-state index contributed by atoms with van der Waals surface area (Å²) in [6.45, 7) is 1.77. The Hall–Kier alpha value is -3.38. The van der Waals surface area contributed by atoms with E-state index in [2.05, 4.69) is 22.8 Å². The number of carbonyl (C=O) groups is 2.